The molecular weight excluding hydrogens is 348 g/mol. The second-order valence-electron chi connectivity index (χ2n) is 4.51. The number of nitrogens with one attached hydrogen (secondary N) is 2. The Bertz CT molecular complexity index is 513. The molecule has 1 amide bonds. The Morgan fingerprint density at radius 2 is 2.25 bits per heavy atom. The van der Waals surface area contributed by atoms with Crippen molar-refractivity contribution in [2.24, 2.45) is 0 Å². The summed E-state index contributed by atoms with van der Waals surface area (Å²) in [6.07, 6.45) is 0.714. The van der Waals surface area contributed by atoms with Gasteiger partial charge in [0.2, 0.25) is 5.91 Å². The molecule has 7 heteroatoms. The standard InChI is InChI=1S/C13H16BrClN2O3/c1-19-8-5-11(16-6-8)13(18)17-10-4-7(15)3-9(14)12(10)20-2/h3-4,8,11,16H,5-6H2,1-2H3,(H,17,18). The molecule has 0 bridgehead atoms. The molecule has 2 rings (SSSR count). The lowest BCUT2D eigenvalue weighted by molar-refractivity contribution is -0.118. The minimum atomic E-state index is -0.276. The number of methoxy groups -OCH3 is 2. The van der Waals surface area contributed by atoms with Gasteiger partial charge in [-0.2, -0.15) is 0 Å². The first-order chi connectivity index (χ1) is 9.55. The summed E-state index contributed by atoms with van der Waals surface area (Å²) in [4.78, 5) is 12.2. The van der Waals surface area contributed by atoms with Crippen LogP contribution in [0.15, 0.2) is 16.6 Å². The monoisotopic (exact) mass is 362 g/mol. The molecule has 0 saturated carbocycles. The second-order valence-corrected chi connectivity index (χ2v) is 5.80. The number of anilines is 1. The van der Waals surface area contributed by atoms with Crippen LogP contribution in [0.5, 0.6) is 5.75 Å². The van der Waals surface area contributed by atoms with Gasteiger partial charge in [-0.15, -0.1) is 0 Å². The van der Waals surface area contributed by atoms with Gasteiger partial charge in [-0.25, -0.2) is 0 Å². The van der Waals surface area contributed by atoms with Crippen LogP contribution in [0.1, 0.15) is 6.42 Å². The lowest BCUT2D eigenvalue weighted by Crippen LogP contribution is -2.35. The zero-order chi connectivity index (χ0) is 14.7. The predicted molar refractivity (Wildman–Crippen MR) is 81.5 cm³/mol. The van der Waals surface area contributed by atoms with Crippen LogP contribution in [0.2, 0.25) is 5.02 Å². The van der Waals surface area contributed by atoms with Crippen LogP contribution in [0.3, 0.4) is 0 Å². The van der Waals surface area contributed by atoms with E-state index < -0.39 is 0 Å². The fourth-order valence-electron chi connectivity index (χ4n) is 2.16. The molecule has 0 aliphatic carbocycles. The molecule has 2 atom stereocenters. The van der Waals surface area contributed by atoms with Gasteiger partial charge < -0.3 is 20.1 Å². The van der Waals surface area contributed by atoms with Crippen LogP contribution in [-0.4, -0.2) is 38.8 Å². The van der Waals surface area contributed by atoms with Crippen molar-refractivity contribution < 1.29 is 14.3 Å². The summed E-state index contributed by atoms with van der Waals surface area (Å²) < 4.78 is 11.2. The summed E-state index contributed by atoms with van der Waals surface area (Å²) in [5.74, 6) is 0.418. The van der Waals surface area contributed by atoms with Crippen molar-refractivity contribution >= 4 is 39.1 Å². The quantitative estimate of drug-likeness (QED) is 0.862. The number of hydrogen-bond donors (Lipinski definition) is 2. The van der Waals surface area contributed by atoms with E-state index >= 15 is 0 Å². The second kappa shape index (κ2) is 6.76. The zero-order valence-corrected chi connectivity index (χ0v) is 13.5. The Morgan fingerprint density at radius 1 is 1.50 bits per heavy atom. The molecule has 0 radical (unpaired) electrons. The fourth-order valence-corrected chi connectivity index (χ4v) is 3.14. The number of halogens is 2. The van der Waals surface area contributed by atoms with E-state index in [2.05, 4.69) is 26.6 Å². The minimum Gasteiger partial charge on any atom is -0.493 e. The van der Waals surface area contributed by atoms with Crippen molar-refractivity contribution in [1.82, 2.24) is 5.32 Å². The highest BCUT2D eigenvalue weighted by Crippen LogP contribution is 2.36. The van der Waals surface area contributed by atoms with E-state index in [1.165, 1.54) is 0 Å². The van der Waals surface area contributed by atoms with Gasteiger partial charge in [-0.3, -0.25) is 4.79 Å². The highest BCUT2D eigenvalue weighted by molar-refractivity contribution is 9.10. The number of carbonyl (C=O) groups excluding carboxylic acids is 1. The van der Waals surface area contributed by atoms with Crippen LogP contribution >= 0.6 is 27.5 Å². The molecule has 1 aromatic rings. The third-order valence-electron chi connectivity index (χ3n) is 3.21. The van der Waals surface area contributed by atoms with Crippen molar-refractivity contribution in [2.75, 3.05) is 26.1 Å². The molecule has 1 heterocycles. The Hall–Kier alpha value is -0.820. The maximum atomic E-state index is 12.2. The average Bonchev–Trinajstić information content (AvgIpc) is 2.87. The number of carbonyl (C=O) groups is 1. The van der Waals surface area contributed by atoms with Crippen LogP contribution in [0.25, 0.3) is 0 Å². The summed E-state index contributed by atoms with van der Waals surface area (Å²) in [5.41, 5.74) is 0.541. The van der Waals surface area contributed by atoms with E-state index in [0.29, 0.717) is 33.9 Å². The number of rotatable bonds is 4. The summed E-state index contributed by atoms with van der Waals surface area (Å²) in [7, 11) is 3.18. The molecule has 1 aliphatic rings. The van der Waals surface area contributed by atoms with Gasteiger partial charge in [0.1, 0.15) is 0 Å². The lowest BCUT2D eigenvalue weighted by atomic mass is 10.2. The molecule has 0 spiro atoms. The molecule has 1 aromatic carbocycles. The highest BCUT2D eigenvalue weighted by Gasteiger charge is 2.29. The molecule has 2 unspecified atom stereocenters. The first-order valence-electron chi connectivity index (χ1n) is 6.15. The van der Waals surface area contributed by atoms with E-state index in [1.807, 2.05) is 0 Å². The third kappa shape index (κ3) is 3.44. The van der Waals surface area contributed by atoms with E-state index in [4.69, 9.17) is 21.1 Å². The Kier molecular flexibility index (Phi) is 5.26. The van der Waals surface area contributed by atoms with Crippen molar-refractivity contribution in [3.8, 4) is 5.75 Å². The molecule has 2 N–H and O–H groups in total. The van der Waals surface area contributed by atoms with Gasteiger partial charge in [-0.1, -0.05) is 11.6 Å². The zero-order valence-electron chi connectivity index (χ0n) is 11.2. The van der Waals surface area contributed by atoms with Crippen molar-refractivity contribution in [1.29, 1.82) is 0 Å². The average molecular weight is 364 g/mol. The predicted octanol–water partition coefficient (Wildman–Crippen LogP) is 2.43. The molecule has 110 valence electrons. The summed E-state index contributed by atoms with van der Waals surface area (Å²) in [6.45, 7) is 0.672. The summed E-state index contributed by atoms with van der Waals surface area (Å²) >= 11 is 9.35. The van der Waals surface area contributed by atoms with Gasteiger partial charge in [0, 0.05) is 18.7 Å². The van der Waals surface area contributed by atoms with Gasteiger partial charge in [0.05, 0.1) is 29.4 Å². The van der Waals surface area contributed by atoms with E-state index in [9.17, 15) is 4.79 Å². The third-order valence-corrected chi connectivity index (χ3v) is 4.02. The largest absolute Gasteiger partial charge is 0.493 e. The van der Waals surface area contributed by atoms with Gasteiger partial charge in [0.15, 0.2) is 5.75 Å². The Balaban J connectivity index is 2.12. The van der Waals surface area contributed by atoms with E-state index in [0.717, 1.165) is 0 Å². The van der Waals surface area contributed by atoms with Gasteiger partial charge >= 0.3 is 0 Å². The number of ether oxygens (including phenoxy) is 2. The maximum absolute atomic E-state index is 12.2. The first-order valence-corrected chi connectivity index (χ1v) is 7.32. The molecule has 20 heavy (non-hydrogen) atoms. The molecule has 0 aromatic heterocycles. The van der Waals surface area contributed by atoms with Gasteiger partial charge in [0.25, 0.3) is 0 Å². The first kappa shape index (κ1) is 15.6. The maximum Gasteiger partial charge on any atom is 0.241 e. The smallest absolute Gasteiger partial charge is 0.241 e. The lowest BCUT2D eigenvalue weighted by Gasteiger charge is -2.15. The SMILES string of the molecule is COc1c(Br)cc(Cl)cc1NC(=O)C1CC(OC)CN1. The molecular formula is C13H16BrClN2O3. The topological polar surface area (TPSA) is 59.6 Å². The van der Waals surface area contributed by atoms with Crippen LogP contribution in [0, 0.1) is 0 Å². The minimum absolute atomic E-state index is 0.0683. The Morgan fingerprint density at radius 3 is 2.85 bits per heavy atom. The number of amides is 1. The highest BCUT2D eigenvalue weighted by atomic mass is 79.9. The normalized spacial score (nSPS) is 21.8. The molecule has 1 saturated heterocycles. The van der Waals surface area contributed by atoms with Crippen LogP contribution < -0.4 is 15.4 Å². The van der Waals surface area contributed by atoms with E-state index in [1.54, 1.807) is 26.4 Å². The van der Waals surface area contributed by atoms with E-state index in [-0.39, 0.29) is 18.1 Å². The Labute approximate surface area is 131 Å². The summed E-state index contributed by atoms with van der Waals surface area (Å²) in [6, 6.07) is 3.10. The van der Waals surface area contributed by atoms with Crippen molar-refractivity contribution in [3.05, 3.63) is 21.6 Å². The molecule has 5 nitrogen and oxygen atoms in total. The summed E-state index contributed by atoms with van der Waals surface area (Å²) in [5, 5.41) is 6.47. The fraction of sp³-hybridized carbons (Fsp3) is 0.462. The molecule has 1 aliphatic heterocycles. The van der Waals surface area contributed by atoms with Gasteiger partial charge in [-0.05, 0) is 34.5 Å². The molecule has 1 fully saturated rings. The van der Waals surface area contributed by atoms with Crippen LogP contribution in [-0.2, 0) is 9.53 Å². The van der Waals surface area contributed by atoms with Crippen LogP contribution in [0.4, 0.5) is 5.69 Å². The van der Waals surface area contributed by atoms with Crippen molar-refractivity contribution in [3.63, 3.8) is 0 Å². The number of hydrogen-bond acceptors (Lipinski definition) is 4. The number of benzene rings is 1. The van der Waals surface area contributed by atoms with Crippen molar-refractivity contribution in [2.45, 2.75) is 18.6 Å².